The molecule has 0 saturated carbocycles. The Kier molecular flexibility index (Phi) is 5.62. The minimum atomic E-state index is -0.768. The fraction of sp³-hybridized carbons (Fsp3) is 0.100. The molecule has 0 heterocycles. The maximum Gasteiger partial charge on any atom is 0.348 e. The summed E-state index contributed by atoms with van der Waals surface area (Å²) in [5.74, 6) is 9.21. The van der Waals surface area contributed by atoms with Crippen LogP contribution < -0.4 is 0 Å². The zero-order chi connectivity index (χ0) is 17.4. The van der Waals surface area contributed by atoms with Gasteiger partial charge in [-0.1, -0.05) is 35.8 Å². The van der Waals surface area contributed by atoms with Gasteiger partial charge in [0.2, 0.25) is 0 Å². The van der Waals surface area contributed by atoms with Gasteiger partial charge in [0.25, 0.3) is 0 Å². The molecule has 2 aliphatic carbocycles. The molecular formula is C20H12O4. The molecule has 4 nitrogen and oxygen atoms in total. The second-order valence-electron chi connectivity index (χ2n) is 4.40. The van der Waals surface area contributed by atoms with Crippen LogP contribution in [0.4, 0.5) is 0 Å². The van der Waals surface area contributed by atoms with Crippen molar-refractivity contribution in [1.29, 1.82) is 0 Å². The van der Waals surface area contributed by atoms with Gasteiger partial charge in [0.15, 0.2) is 0 Å². The van der Waals surface area contributed by atoms with E-state index in [2.05, 4.69) is 35.1 Å². The van der Waals surface area contributed by atoms with Gasteiger partial charge in [-0.3, -0.25) is 0 Å². The highest BCUT2D eigenvalue weighted by atomic mass is 16.5. The summed E-state index contributed by atoms with van der Waals surface area (Å²) in [4.78, 5) is 24.0. The monoisotopic (exact) mass is 316 g/mol. The number of hydrogen-bond acceptors (Lipinski definition) is 4. The maximum atomic E-state index is 12.0. The van der Waals surface area contributed by atoms with Gasteiger partial charge in [0.1, 0.15) is 11.1 Å². The molecule has 0 atom stereocenters. The van der Waals surface area contributed by atoms with Crippen molar-refractivity contribution in [2.45, 2.75) is 0 Å². The number of carbonyl (C=O) groups excluding carboxylic acids is 2. The fourth-order valence-corrected chi connectivity index (χ4v) is 1.71. The van der Waals surface area contributed by atoms with Crippen molar-refractivity contribution in [1.82, 2.24) is 0 Å². The molecule has 0 N–H and O–H groups in total. The third kappa shape index (κ3) is 4.17. The number of rotatable bonds is 2. The van der Waals surface area contributed by atoms with Crippen LogP contribution in [-0.4, -0.2) is 26.2 Å². The number of methoxy groups -OCH3 is 2. The molecule has 2 rings (SSSR count). The highest BCUT2D eigenvalue weighted by Crippen LogP contribution is 2.10. The van der Waals surface area contributed by atoms with Gasteiger partial charge in [-0.05, 0) is 24.3 Å². The first-order valence-corrected chi connectivity index (χ1v) is 6.87. The molecule has 0 radical (unpaired) electrons. The lowest BCUT2D eigenvalue weighted by atomic mass is 10.1. The van der Waals surface area contributed by atoms with Gasteiger partial charge in [0.05, 0.1) is 25.4 Å². The Hall–Kier alpha value is -3.68. The van der Waals surface area contributed by atoms with Crippen molar-refractivity contribution < 1.29 is 19.1 Å². The average molecular weight is 316 g/mol. The molecule has 0 bridgehead atoms. The highest BCUT2D eigenvalue weighted by Gasteiger charge is 2.20. The van der Waals surface area contributed by atoms with E-state index in [1.165, 1.54) is 14.2 Å². The Morgan fingerprint density at radius 1 is 0.833 bits per heavy atom. The van der Waals surface area contributed by atoms with Crippen LogP contribution in [0.15, 0.2) is 70.2 Å². The second-order valence-corrected chi connectivity index (χ2v) is 4.40. The number of ether oxygens (including phenoxy) is 2. The van der Waals surface area contributed by atoms with E-state index in [9.17, 15) is 9.59 Å². The van der Waals surface area contributed by atoms with Crippen LogP contribution >= 0.6 is 0 Å². The quantitative estimate of drug-likeness (QED) is 0.338. The van der Waals surface area contributed by atoms with Crippen LogP contribution in [0.25, 0.3) is 0 Å². The molecule has 0 fully saturated rings. The molecule has 0 aromatic rings. The first-order valence-electron chi connectivity index (χ1n) is 6.87. The van der Waals surface area contributed by atoms with Crippen molar-refractivity contribution in [3.63, 3.8) is 0 Å². The van der Waals surface area contributed by atoms with Crippen LogP contribution in [0.1, 0.15) is 0 Å². The van der Waals surface area contributed by atoms with Crippen molar-refractivity contribution in [3.8, 4) is 23.7 Å². The third-order valence-corrected chi connectivity index (χ3v) is 2.87. The normalized spacial score (nSPS) is 13.9. The highest BCUT2D eigenvalue weighted by molar-refractivity contribution is 6.06. The molecule has 24 heavy (non-hydrogen) atoms. The fourth-order valence-electron chi connectivity index (χ4n) is 1.71. The van der Waals surface area contributed by atoms with Crippen molar-refractivity contribution in [3.05, 3.63) is 70.2 Å². The molecule has 0 aromatic carbocycles. The number of esters is 2. The standard InChI is InChI=1S/C20H12O4/c1-23-19(21)17(13-11-15-7-3-4-8-15)18(20(22)24-2)14-12-16-9-5-6-10-16/h3-7,9H,1-2H3/b18-17-. The smallest absolute Gasteiger partial charge is 0.348 e. The van der Waals surface area contributed by atoms with Gasteiger partial charge in [-0.25, -0.2) is 9.59 Å². The Balaban J connectivity index is 2.54. The summed E-state index contributed by atoms with van der Waals surface area (Å²) in [6.45, 7) is 0. The predicted molar refractivity (Wildman–Crippen MR) is 88.1 cm³/mol. The Bertz CT molecular complexity index is 853. The van der Waals surface area contributed by atoms with Gasteiger partial charge in [-0.2, -0.15) is 0 Å². The molecule has 0 aliphatic heterocycles. The van der Waals surface area contributed by atoms with Crippen LogP contribution in [0.3, 0.4) is 0 Å². The zero-order valence-electron chi connectivity index (χ0n) is 13.1. The predicted octanol–water partition coefficient (Wildman–Crippen LogP) is 1.94. The summed E-state index contributed by atoms with van der Waals surface area (Å²) in [7, 11) is 2.40. The number of hydrogen-bond donors (Lipinski definition) is 0. The molecule has 0 saturated heterocycles. The molecule has 0 unspecified atom stereocenters. The van der Waals surface area contributed by atoms with Crippen LogP contribution in [0.5, 0.6) is 0 Å². The summed E-state index contributed by atoms with van der Waals surface area (Å²) in [6, 6.07) is 0. The summed E-state index contributed by atoms with van der Waals surface area (Å²) >= 11 is 0. The topological polar surface area (TPSA) is 52.6 Å². The lowest BCUT2D eigenvalue weighted by molar-refractivity contribution is -0.138. The summed E-state index contributed by atoms with van der Waals surface area (Å²) < 4.78 is 9.40. The Morgan fingerprint density at radius 2 is 1.25 bits per heavy atom. The minimum absolute atomic E-state index is 0.169. The first-order chi connectivity index (χ1) is 11.7. The van der Waals surface area contributed by atoms with Crippen LogP contribution in [-0.2, 0) is 19.1 Å². The van der Waals surface area contributed by atoms with E-state index in [0.29, 0.717) is 11.1 Å². The minimum Gasteiger partial charge on any atom is -0.465 e. The largest absolute Gasteiger partial charge is 0.465 e. The van der Waals surface area contributed by atoms with E-state index in [0.717, 1.165) is 0 Å². The van der Waals surface area contributed by atoms with Crippen molar-refractivity contribution in [2.24, 2.45) is 0 Å². The van der Waals surface area contributed by atoms with Crippen LogP contribution in [0, 0.1) is 23.7 Å². The Morgan fingerprint density at radius 3 is 1.54 bits per heavy atom. The lowest BCUT2D eigenvalue weighted by Crippen LogP contribution is -2.13. The number of carbonyl (C=O) groups is 2. The second kappa shape index (κ2) is 8.08. The Labute approximate surface area is 139 Å². The molecule has 0 aromatic heterocycles. The molecule has 116 valence electrons. The van der Waals surface area contributed by atoms with E-state index in [-0.39, 0.29) is 11.1 Å². The molecule has 0 amide bonds. The average Bonchev–Trinajstić information content (AvgIpc) is 3.30. The third-order valence-electron chi connectivity index (χ3n) is 2.87. The summed E-state index contributed by atoms with van der Waals surface area (Å²) in [6.07, 6.45) is 10.4. The van der Waals surface area contributed by atoms with E-state index < -0.39 is 11.9 Å². The van der Waals surface area contributed by atoms with Gasteiger partial charge < -0.3 is 9.47 Å². The van der Waals surface area contributed by atoms with E-state index in [4.69, 9.17) is 9.47 Å². The lowest BCUT2D eigenvalue weighted by Gasteiger charge is -2.02. The molecule has 4 heteroatoms. The van der Waals surface area contributed by atoms with Crippen molar-refractivity contribution in [2.75, 3.05) is 14.2 Å². The van der Waals surface area contributed by atoms with Gasteiger partial charge in [-0.15, -0.1) is 11.5 Å². The first kappa shape index (κ1) is 16.7. The van der Waals surface area contributed by atoms with Crippen LogP contribution in [0.2, 0.25) is 0 Å². The maximum absolute atomic E-state index is 12.0. The van der Waals surface area contributed by atoms with Gasteiger partial charge >= 0.3 is 11.9 Å². The van der Waals surface area contributed by atoms with Gasteiger partial charge in [0, 0.05) is 0 Å². The molecule has 0 spiro atoms. The SMILES string of the molecule is COC(=O)/C(C#CC1=C=CC=C1)=C(/C#CC1=C=CC=C1)C(=O)OC. The number of allylic oxidation sites excluding steroid dienone is 6. The molecule has 2 aliphatic rings. The van der Waals surface area contributed by atoms with E-state index in [1.807, 2.05) is 0 Å². The zero-order valence-corrected chi connectivity index (χ0v) is 13.1. The summed E-state index contributed by atoms with van der Waals surface area (Å²) in [5.41, 5.74) is 6.59. The molecular weight excluding hydrogens is 304 g/mol. The van der Waals surface area contributed by atoms with E-state index in [1.54, 1.807) is 36.5 Å². The van der Waals surface area contributed by atoms with E-state index >= 15 is 0 Å². The summed E-state index contributed by atoms with van der Waals surface area (Å²) in [5, 5.41) is 0. The van der Waals surface area contributed by atoms with Crippen molar-refractivity contribution >= 4 is 11.9 Å².